The highest BCUT2D eigenvalue weighted by molar-refractivity contribution is 7.70. The Morgan fingerprint density at radius 2 is 1.85 bits per heavy atom. The SMILES string of the molecule is O=c1[nH]c(=O)n([C@@H]2O[C@H](COP(=O)(O)CP(=O)(O)O)[C@@H](O)[C@H]2O)cc1F. The van der Waals surface area contributed by atoms with Crippen LogP contribution in [0.1, 0.15) is 6.23 Å². The molecule has 16 heteroatoms. The molecule has 13 nitrogen and oxygen atoms in total. The summed E-state index contributed by atoms with van der Waals surface area (Å²) in [5, 5.41) is 19.8. The topological polar surface area (TPSA) is 209 Å². The summed E-state index contributed by atoms with van der Waals surface area (Å²) in [6, 6.07) is 0. The molecule has 5 atom stereocenters. The fourth-order valence-electron chi connectivity index (χ4n) is 2.21. The zero-order chi connectivity index (χ0) is 19.9. The first kappa shape index (κ1) is 21.1. The van der Waals surface area contributed by atoms with E-state index in [4.69, 9.17) is 14.5 Å². The second-order valence-corrected chi connectivity index (χ2v) is 9.42. The number of aliphatic hydroxyl groups is 2. The smallest absolute Gasteiger partial charge is 0.340 e. The van der Waals surface area contributed by atoms with Crippen molar-refractivity contribution >= 4 is 15.2 Å². The fraction of sp³-hybridized carbons (Fsp3) is 0.600. The lowest BCUT2D eigenvalue weighted by molar-refractivity contribution is -0.0528. The molecule has 148 valence electrons. The van der Waals surface area contributed by atoms with E-state index in [-0.39, 0.29) is 0 Å². The molecule has 0 saturated carbocycles. The Morgan fingerprint density at radius 3 is 2.42 bits per heavy atom. The lowest BCUT2D eigenvalue weighted by Gasteiger charge is -2.18. The third kappa shape index (κ3) is 4.94. The maximum atomic E-state index is 13.3. The van der Waals surface area contributed by atoms with E-state index in [0.29, 0.717) is 10.8 Å². The molecule has 1 fully saturated rings. The minimum atomic E-state index is -4.86. The maximum absolute atomic E-state index is 13.3. The van der Waals surface area contributed by atoms with Gasteiger partial charge in [-0.3, -0.25) is 23.5 Å². The largest absolute Gasteiger partial charge is 0.387 e. The number of nitrogens with zero attached hydrogens (tertiary/aromatic N) is 1. The number of hydrogen-bond donors (Lipinski definition) is 6. The molecule has 0 amide bonds. The van der Waals surface area contributed by atoms with E-state index in [1.165, 1.54) is 0 Å². The highest BCUT2D eigenvalue weighted by atomic mass is 31.2. The molecular formula is C10H15FN2O11P2. The van der Waals surface area contributed by atoms with Crippen LogP contribution in [0.2, 0.25) is 0 Å². The van der Waals surface area contributed by atoms with Crippen LogP contribution in [0.5, 0.6) is 0 Å². The average molecular weight is 420 g/mol. The van der Waals surface area contributed by atoms with Crippen LogP contribution in [0.25, 0.3) is 0 Å². The molecule has 0 aliphatic carbocycles. The Hall–Kier alpha value is -1.21. The summed E-state index contributed by atoms with van der Waals surface area (Å²) in [5.41, 5.74) is -2.46. The predicted octanol–water partition coefficient (Wildman–Crippen LogP) is -2.37. The molecule has 0 bridgehead atoms. The van der Waals surface area contributed by atoms with Gasteiger partial charge in [0.25, 0.3) is 5.56 Å². The predicted molar refractivity (Wildman–Crippen MR) is 79.9 cm³/mol. The number of rotatable bonds is 6. The minimum absolute atomic E-state index is 0.440. The van der Waals surface area contributed by atoms with Crippen molar-refractivity contribution in [3.05, 3.63) is 32.9 Å². The van der Waals surface area contributed by atoms with Crippen molar-refractivity contribution in [2.45, 2.75) is 24.5 Å². The molecule has 6 N–H and O–H groups in total. The van der Waals surface area contributed by atoms with Gasteiger partial charge in [-0.05, 0) is 0 Å². The molecule has 26 heavy (non-hydrogen) atoms. The van der Waals surface area contributed by atoms with Gasteiger partial charge < -0.3 is 34.2 Å². The Bertz CT molecular complexity index is 878. The molecule has 1 aliphatic heterocycles. The first-order valence-corrected chi connectivity index (χ1v) is 10.4. The monoisotopic (exact) mass is 420 g/mol. The summed E-state index contributed by atoms with van der Waals surface area (Å²) in [5.74, 6) is -2.84. The number of aliphatic hydroxyl groups excluding tert-OH is 2. The zero-order valence-corrected chi connectivity index (χ0v) is 14.5. The average Bonchev–Trinajstić information content (AvgIpc) is 2.75. The summed E-state index contributed by atoms with van der Waals surface area (Å²) in [6.07, 6.45) is -6.26. The first-order valence-electron chi connectivity index (χ1n) is 6.84. The van der Waals surface area contributed by atoms with Crippen LogP contribution in [-0.2, 0) is 18.4 Å². The Kier molecular flexibility index (Phi) is 6.03. The third-order valence-corrected chi connectivity index (χ3v) is 6.80. The van der Waals surface area contributed by atoms with E-state index in [2.05, 4.69) is 4.52 Å². The van der Waals surface area contributed by atoms with Crippen molar-refractivity contribution in [2.24, 2.45) is 0 Å². The standard InChI is InChI=1S/C10H15FN2O11P2/c11-4-1-13(10(17)12-8(4)16)9-7(15)6(14)5(24-9)2-23-26(21,22)3-25(18,19)20/h1,5-7,9,14-15H,2-3H2,(H,21,22)(H,12,16,17)(H2,18,19,20)/t5-,6-,7-,9-/m1/s1. The second-order valence-electron chi connectivity index (χ2n) is 5.43. The molecule has 0 spiro atoms. The number of halogens is 1. The normalized spacial score (nSPS) is 28.8. The molecular weight excluding hydrogens is 405 g/mol. The number of hydrogen-bond acceptors (Lipinski definition) is 8. The number of nitrogens with one attached hydrogen (secondary N) is 1. The van der Waals surface area contributed by atoms with Gasteiger partial charge in [0.1, 0.15) is 18.3 Å². The Balaban J connectivity index is 2.14. The molecule has 2 rings (SSSR count). The number of H-pyrrole nitrogens is 1. The van der Waals surface area contributed by atoms with E-state index in [1.807, 2.05) is 0 Å². The van der Waals surface area contributed by atoms with Crippen molar-refractivity contribution in [1.29, 1.82) is 0 Å². The van der Waals surface area contributed by atoms with Crippen molar-refractivity contribution < 1.29 is 47.7 Å². The van der Waals surface area contributed by atoms with Crippen molar-refractivity contribution in [3.63, 3.8) is 0 Å². The van der Waals surface area contributed by atoms with Crippen LogP contribution in [-0.4, -0.2) is 65.3 Å². The molecule has 2 heterocycles. The van der Waals surface area contributed by atoms with E-state index >= 15 is 0 Å². The van der Waals surface area contributed by atoms with Gasteiger partial charge in [-0.1, -0.05) is 0 Å². The summed E-state index contributed by atoms with van der Waals surface area (Å²) in [7, 11) is -9.60. The molecule has 0 aromatic carbocycles. The van der Waals surface area contributed by atoms with E-state index in [0.717, 1.165) is 0 Å². The van der Waals surface area contributed by atoms with Gasteiger partial charge in [-0.2, -0.15) is 4.39 Å². The summed E-state index contributed by atoms with van der Waals surface area (Å²) in [6.45, 7) is -0.872. The van der Waals surface area contributed by atoms with Gasteiger partial charge in [0.05, 0.1) is 12.8 Å². The highest BCUT2D eigenvalue weighted by Gasteiger charge is 2.45. The van der Waals surface area contributed by atoms with Gasteiger partial charge in [0.15, 0.2) is 12.1 Å². The van der Waals surface area contributed by atoms with Crippen LogP contribution in [0, 0.1) is 5.82 Å². The highest BCUT2D eigenvalue weighted by Crippen LogP contribution is 2.55. The van der Waals surface area contributed by atoms with Gasteiger partial charge in [-0.25, -0.2) is 4.79 Å². The van der Waals surface area contributed by atoms with Crippen molar-refractivity contribution in [3.8, 4) is 0 Å². The number of aromatic amines is 1. The first-order chi connectivity index (χ1) is 11.8. The molecule has 1 aromatic rings. The van der Waals surface area contributed by atoms with Gasteiger partial charge in [-0.15, -0.1) is 0 Å². The zero-order valence-electron chi connectivity index (χ0n) is 12.7. The minimum Gasteiger partial charge on any atom is -0.387 e. The van der Waals surface area contributed by atoms with Crippen LogP contribution in [0.4, 0.5) is 4.39 Å². The Morgan fingerprint density at radius 1 is 1.23 bits per heavy atom. The molecule has 1 saturated heterocycles. The van der Waals surface area contributed by atoms with E-state index in [1.54, 1.807) is 4.98 Å². The van der Waals surface area contributed by atoms with E-state index < -0.39 is 69.3 Å². The molecule has 1 aliphatic rings. The van der Waals surface area contributed by atoms with Gasteiger partial charge in [0.2, 0.25) is 5.82 Å². The van der Waals surface area contributed by atoms with Gasteiger partial charge >= 0.3 is 20.9 Å². The lowest BCUT2D eigenvalue weighted by atomic mass is 10.1. The molecule has 1 unspecified atom stereocenters. The van der Waals surface area contributed by atoms with Crippen LogP contribution < -0.4 is 11.2 Å². The van der Waals surface area contributed by atoms with E-state index in [9.17, 15) is 38.2 Å². The van der Waals surface area contributed by atoms with Crippen molar-refractivity contribution in [1.82, 2.24) is 9.55 Å². The fourth-order valence-corrected chi connectivity index (χ4v) is 4.78. The van der Waals surface area contributed by atoms with Crippen molar-refractivity contribution in [2.75, 3.05) is 12.5 Å². The number of aromatic nitrogens is 2. The molecule has 1 aromatic heterocycles. The maximum Gasteiger partial charge on any atom is 0.340 e. The number of ether oxygens (including phenoxy) is 1. The summed E-state index contributed by atoms with van der Waals surface area (Å²) >= 11 is 0. The Labute approximate surface area is 143 Å². The summed E-state index contributed by atoms with van der Waals surface area (Å²) in [4.78, 5) is 51.0. The second kappa shape index (κ2) is 7.43. The third-order valence-electron chi connectivity index (χ3n) is 3.34. The van der Waals surface area contributed by atoms with Gasteiger partial charge in [0, 0.05) is 0 Å². The van der Waals surface area contributed by atoms with Crippen LogP contribution >= 0.6 is 15.2 Å². The molecule has 0 radical (unpaired) electrons. The lowest BCUT2D eigenvalue weighted by Crippen LogP contribution is -2.38. The summed E-state index contributed by atoms with van der Waals surface area (Å²) < 4.78 is 45.7. The quantitative estimate of drug-likeness (QED) is 0.268. The van der Waals surface area contributed by atoms with Crippen LogP contribution in [0.15, 0.2) is 15.8 Å². The van der Waals surface area contributed by atoms with Crippen LogP contribution in [0.3, 0.4) is 0 Å².